The zero-order valence-electron chi connectivity index (χ0n) is 13.9. The Morgan fingerprint density at radius 3 is 2.00 bits per heavy atom. The van der Waals surface area contributed by atoms with Gasteiger partial charge in [-0.1, -0.05) is 0 Å². The minimum Gasteiger partial charge on any atom is -0.393 e. The van der Waals surface area contributed by atoms with Crippen LogP contribution < -0.4 is 15.2 Å². The van der Waals surface area contributed by atoms with E-state index in [1.54, 1.807) is 0 Å². The van der Waals surface area contributed by atoms with Gasteiger partial charge >= 0.3 is 0 Å². The first-order chi connectivity index (χ1) is 12.3. The monoisotopic (exact) mass is 353 g/mol. The number of aliphatic hydroxyl groups excluding tert-OH is 2. The lowest BCUT2D eigenvalue weighted by molar-refractivity contribution is 0.121. The highest BCUT2D eigenvalue weighted by Crippen LogP contribution is 2.18. The highest BCUT2D eigenvalue weighted by Gasteiger charge is 2.20. The molecule has 0 amide bonds. The maximum absolute atomic E-state index is 9.32. The van der Waals surface area contributed by atoms with Gasteiger partial charge in [0.15, 0.2) is 0 Å². The first-order valence-corrected chi connectivity index (χ1v) is 8.26. The molecule has 2 aliphatic rings. The zero-order valence-corrected chi connectivity index (χ0v) is 13.9. The van der Waals surface area contributed by atoms with Crippen molar-refractivity contribution < 1.29 is 19.7 Å². The Hall–Kier alpha value is -2.08. The van der Waals surface area contributed by atoms with Crippen LogP contribution in [0, 0.1) is 0 Å². The van der Waals surface area contributed by atoms with Crippen LogP contribution in [0.2, 0.25) is 0 Å². The molecule has 3 N–H and O–H groups in total. The SMILES string of the molecule is OC[C@@H](O)/C=N\Nc1nc(N2CCOCC2)nc(N2CCOCC2)n1. The molecule has 1 atom stereocenters. The van der Waals surface area contributed by atoms with Crippen LogP contribution in [0.1, 0.15) is 0 Å². The molecule has 2 fully saturated rings. The number of hydrogen-bond acceptors (Lipinski definition) is 11. The summed E-state index contributed by atoms with van der Waals surface area (Å²) in [5, 5.41) is 22.0. The number of aromatic nitrogens is 3. The standard InChI is InChI=1S/C14H23N7O4/c22-10-11(23)9-15-19-12-16-13(20-1-5-24-6-2-20)18-14(17-12)21-3-7-25-8-4-21/h9,11,22-23H,1-8,10H2,(H,16,17,18,19)/b15-9-/t11-/m0/s1. The van der Waals surface area contributed by atoms with E-state index >= 15 is 0 Å². The Labute approximate surface area is 145 Å². The van der Waals surface area contributed by atoms with Crippen molar-refractivity contribution >= 4 is 24.1 Å². The lowest BCUT2D eigenvalue weighted by atomic mass is 10.4. The fourth-order valence-electron chi connectivity index (χ4n) is 2.44. The van der Waals surface area contributed by atoms with Crippen molar-refractivity contribution in [2.75, 3.05) is 74.4 Å². The predicted octanol–water partition coefficient (Wildman–Crippen LogP) is -1.70. The normalized spacial score (nSPS) is 20.1. The molecule has 0 aromatic carbocycles. The molecule has 0 radical (unpaired) electrons. The fraction of sp³-hybridized carbons (Fsp3) is 0.714. The molecule has 0 bridgehead atoms. The van der Waals surface area contributed by atoms with Crippen LogP contribution in [0.25, 0.3) is 0 Å². The maximum atomic E-state index is 9.32. The Morgan fingerprint density at radius 2 is 1.52 bits per heavy atom. The minimum absolute atomic E-state index is 0.277. The van der Waals surface area contributed by atoms with Gasteiger partial charge in [-0.2, -0.15) is 20.1 Å². The number of hydrogen-bond donors (Lipinski definition) is 3. The van der Waals surface area contributed by atoms with Crippen molar-refractivity contribution in [1.82, 2.24) is 15.0 Å². The molecule has 0 spiro atoms. The Bertz CT molecular complexity index is 540. The van der Waals surface area contributed by atoms with E-state index in [1.165, 1.54) is 6.21 Å². The summed E-state index contributed by atoms with van der Waals surface area (Å²) >= 11 is 0. The summed E-state index contributed by atoms with van der Waals surface area (Å²) in [6.45, 7) is 4.93. The fourth-order valence-corrected chi connectivity index (χ4v) is 2.44. The number of anilines is 3. The van der Waals surface area contributed by atoms with Crippen molar-refractivity contribution in [3.63, 3.8) is 0 Å². The largest absolute Gasteiger partial charge is 0.393 e. The first kappa shape index (κ1) is 17.7. The molecule has 25 heavy (non-hydrogen) atoms. The van der Waals surface area contributed by atoms with E-state index in [-0.39, 0.29) is 5.95 Å². The van der Waals surface area contributed by atoms with E-state index in [0.717, 1.165) is 0 Å². The molecular formula is C14H23N7O4. The van der Waals surface area contributed by atoms with Crippen LogP contribution in [0.15, 0.2) is 5.10 Å². The molecule has 138 valence electrons. The minimum atomic E-state index is -1.04. The third-order valence-corrected chi connectivity index (χ3v) is 3.80. The van der Waals surface area contributed by atoms with Crippen LogP contribution in [0.4, 0.5) is 17.8 Å². The Morgan fingerprint density at radius 1 is 1.00 bits per heavy atom. The van der Waals surface area contributed by atoms with Gasteiger partial charge in [0.2, 0.25) is 17.8 Å². The third kappa shape index (κ3) is 4.95. The van der Waals surface area contributed by atoms with E-state index in [9.17, 15) is 5.11 Å². The summed E-state index contributed by atoms with van der Waals surface area (Å²) in [7, 11) is 0. The van der Waals surface area contributed by atoms with Gasteiger partial charge < -0.3 is 29.5 Å². The van der Waals surface area contributed by atoms with Gasteiger partial charge in [0.25, 0.3) is 0 Å². The van der Waals surface area contributed by atoms with Crippen LogP contribution in [-0.2, 0) is 9.47 Å². The van der Waals surface area contributed by atoms with E-state index < -0.39 is 12.7 Å². The quantitative estimate of drug-likeness (QED) is 0.402. The lowest BCUT2D eigenvalue weighted by Gasteiger charge is -2.30. The number of nitrogens with zero attached hydrogens (tertiary/aromatic N) is 6. The maximum Gasteiger partial charge on any atom is 0.250 e. The molecule has 0 unspecified atom stereocenters. The molecule has 11 heteroatoms. The van der Waals surface area contributed by atoms with Crippen molar-refractivity contribution in [2.45, 2.75) is 6.10 Å². The van der Waals surface area contributed by atoms with Crippen molar-refractivity contribution in [3.8, 4) is 0 Å². The second-order valence-electron chi connectivity index (χ2n) is 5.60. The number of rotatable bonds is 6. The summed E-state index contributed by atoms with van der Waals surface area (Å²) in [4.78, 5) is 17.4. The van der Waals surface area contributed by atoms with Crippen LogP contribution >= 0.6 is 0 Å². The van der Waals surface area contributed by atoms with Crippen molar-refractivity contribution in [2.24, 2.45) is 5.10 Å². The van der Waals surface area contributed by atoms with Gasteiger partial charge in [-0.3, -0.25) is 0 Å². The Kier molecular flexibility index (Phi) is 6.28. The van der Waals surface area contributed by atoms with E-state index in [2.05, 4.69) is 25.5 Å². The Balaban J connectivity index is 1.80. The van der Waals surface area contributed by atoms with Gasteiger partial charge in [0.05, 0.1) is 39.2 Å². The average Bonchev–Trinajstić information content (AvgIpc) is 2.69. The number of hydrazone groups is 1. The molecule has 3 rings (SSSR count). The predicted molar refractivity (Wildman–Crippen MR) is 91.1 cm³/mol. The summed E-state index contributed by atoms with van der Waals surface area (Å²) < 4.78 is 10.7. The molecule has 2 saturated heterocycles. The van der Waals surface area contributed by atoms with Gasteiger partial charge in [-0.15, -0.1) is 0 Å². The molecular weight excluding hydrogens is 330 g/mol. The summed E-state index contributed by atoms with van der Waals surface area (Å²) in [5.74, 6) is 1.39. The average molecular weight is 353 g/mol. The zero-order chi connectivity index (χ0) is 17.5. The molecule has 0 aliphatic carbocycles. The molecule has 1 aromatic rings. The summed E-state index contributed by atoms with van der Waals surface area (Å²) in [6.07, 6.45) is 0.152. The highest BCUT2D eigenvalue weighted by atomic mass is 16.5. The summed E-state index contributed by atoms with van der Waals surface area (Å²) in [6, 6.07) is 0. The summed E-state index contributed by atoms with van der Waals surface area (Å²) in [5.41, 5.74) is 2.69. The number of aliphatic hydroxyl groups is 2. The van der Waals surface area contributed by atoms with Crippen molar-refractivity contribution in [3.05, 3.63) is 0 Å². The van der Waals surface area contributed by atoms with Gasteiger partial charge in [0.1, 0.15) is 6.10 Å². The van der Waals surface area contributed by atoms with E-state index in [1.807, 2.05) is 9.80 Å². The topological polar surface area (TPSA) is 128 Å². The molecule has 11 nitrogen and oxygen atoms in total. The van der Waals surface area contributed by atoms with E-state index in [0.29, 0.717) is 64.5 Å². The number of ether oxygens (including phenoxy) is 2. The van der Waals surface area contributed by atoms with Crippen LogP contribution in [0.3, 0.4) is 0 Å². The van der Waals surface area contributed by atoms with Gasteiger partial charge in [-0.05, 0) is 0 Å². The van der Waals surface area contributed by atoms with Crippen LogP contribution in [-0.4, -0.2) is 96.7 Å². The number of morpholine rings is 2. The molecule has 1 aromatic heterocycles. The second kappa shape index (κ2) is 8.85. The van der Waals surface area contributed by atoms with Gasteiger partial charge in [0, 0.05) is 26.2 Å². The second-order valence-corrected chi connectivity index (χ2v) is 5.60. The van der Waals surface area contributed by atoms with Crippen LogP contribution in [0.5, 0.6) is 0 Å². The van der Waals surface area contributed by atoms with Crippen molar-refractivity contribution in [1.29, 1.82) is 0 Å². The number of nitrogens with one attached hydrogen (secondary N) is 1. The molecule has 0 saturated carbocycles. The van der Waals surface area contributed by atoms with E-state index in [4.69, 9.17) is 14.6 Å². The molecule has 3 heterocycles. The smallest absolute Gasteiger partial charge is 0.250 e. The van der Waals surface area contributed by atoms with Gasteiger partial charge in [-0.25, -0.2) is 5.43 Å². The highest BCUT2D eigenvalue weighted by molar-refractivity contribution is 5.63. The molecule has 2 aliphatic heterocycles. The lowest BCUT2D eigenvalue weighted by Crippen LogP contribution is -2.40. The first-order valence-electron chi connectivity index (χ1n) is 8.26. The third-order valence-electron chi connectivity index (χ3n) is 3.80.